The summed E-state index contributed by atoms with van der Waals surface area (Å²) in [5.41, 5.74) is 2.85. The first kappa shape index (κ1) is 22.5. The fraction of sp³-hybridized carbons (Fsp3) is 0.350. The SMILES string of the molecule is CC.CC(=O)c1ccccc1Nc1c(Cl)ccc(C)c1Cl.CCC. The summed E-state index contributed by atoms with van der Waals surface area (Å²) in [6.45, 7) is 11.7. The molecule has 2 rings (SSSR count). The van der Waals surface area contributed by atoms with Crippen LogP contribution < -0.4 is 5.32 Å². The van der Waals surface area contributed by atoms with Crippen molar-refractivity contribution in [1.29, 1.82) is 0 Å². The van der Waals surface area contributed by atoms with Gasteiger partial charge in [-0.15, -0.1) is 0 Å². The van der Waals surface area contributed by atoms with Gasteiger partial charge in [-0.25, -0.2) is 0 Å². The van der Waals surface area contributed by atoms with E-state index in [1.54, 1.807) is 12.1 Å². The summed E-state index contributed by atoms with van der Waals surface area (Å²) in [6.07, 6.45) is 1.25. The Kier molecular flexibility index (Phi) is 11.2. The number of hydrogen-bond donors (Lipinski definition) is 1. The standard InChI is InChI=1S/C15H13Cl2NO.C3H8.C2H6/c1-9-7-8-12(16)15(14(9)17)18-13-6-4-3-5-11(13)10(2)19;1-3-2;1-2/h3-8,18H,1-2H3;3H2,1-2H3;1-2H3. The minimum absolute atomic E-state index is 0.0111. The molecule has 0 amide bonds. The van der Waals surface area contributed by atoms with Gasteiger partial charge in [0.2, 0.25) is 0 Å². The smallest absolute Gasteiger partial charge is 0.161 e. The third kappa shape index (κ3) is 6.54. The molecule has 0 atom stereocenters. The molecule has 2 aromatic rings. The molecule has 0 fully saturated rings. The topological polar surface area (TPSA) is 29.1 Å². The van der Waals surface area contributed by atoms with Gasteiger partial charge in [-0.1, -0.05) is 75.5 Å². The van der Waals surface area contributed by atoms with Crippen LogP contribution in [0.4, 0.5) is 11.4 Å². The van der Waals surface area contributed by atoms with Crippen molar-refractivity contribution >= 4 is 40.4 Å². The molecule has 24 heavy (non-hydrogen) atoms. The molecule has 0 unspecified atom stereocenters. The lowest BCUT2D eigenvalue weighted by molar-refractivity contribution is 0.101. The average Bonchev–Trinajstić information content (AvgIpc) is 2.58. The number of aryl methyl sites for hydroxylation is 1. The van der Waals surface area contributed by atoms with Gasteiger partial charge < -0.3 is 5.32 Å². The number of carbonyl (C=O) groups excluding carboxylic acids is 1. The van der Waals surface area contributed by atoms with E-state index < -0.39 is 0 Å². The molecule has 0 aliphatic rings. The number of rotatable bonds is 3. The number of nitrogens with one attached hydrogen (secondary N) is 1. The third-order valence-corrected chi connectivity index (χ3v) is 3.65. The van der Waals surface area contributed by atoms with Crippen molar-refractivity contribution in [3.63, 3.8) is 0 Å². The van der Waals surface area contributed by atoms with Crippen LogP contribution in [-0.2, 0) is 0 Å². The monoisotopic (exact) mass is 367 g/mol. The van der Waals surface area contributed by atoms with Crippen molar-refractivity contribution in [1.82, 2.24) is 0 Å². The number of anilines is 2. The van der Waals surface area contributed by atoms with E-state index in [4.69, 9.17) is 23.2 Å². The maximum absolute atomic E-state index is 11.6. The van der Waals surface area contributed by atoms with Crippen molar-refractivity contribution < 1.29 is 4.79 Å². The highest BCUT2D eigenvalue weighted by atomic mass is 35.5. The van der Waals surface area contributed by atoms with Gasteiger partial charge in [0.1, 0.15) is 0 Å². The fourth-order valence-electron chi connectivity index (χ4n) is 1.81. The van der Waals surface area contributed by atoms with Gasteiger partial charge in [-0.3, -0.25) is 4.79 Å². The van der Waals surface area contributed by atoms with Crippen LogP contribution in [0.2, 0.25) is 10.0 Å². The molecule has 0 heterocycles. The molecule has 2 nitrogen and oxygen atoms in total. The quantitative estimate of drug-likeness (QED) is 0.563. The Morgan fingerprint density at radius 1 is 1.04 bits per heavy atom. The highest BCUT2D eigenvalue weighted by molar-refractivity contribution is 6.39. The largest absolute Gasteiger partial charge is 0.352 e. The van der Waals surface area contributed by atoms with E-state index in [1.165, 1.54) is 13.3 Å². The van der Waals surface area contributed by atoms with Crippen LogP contribution in [-0.4, -0.2) is 5.78 Å². The molecule has 0 spiro atoms. The van der Waals surface area contributed by atoms with Gasteiger partial charge in [-0.2, -0.15) is 0 Å². The van der Waals surface area contributed by atoms with Crippen molar-refractivity contribution in [3.05, 3.63) is 57.6 Å². The molecule has 0 bridgehead atoms. The second-order valence-electron chi connectivity index (χ2n) is 4.99. The Labute approximate surface area is 156 Å². The van der Waals surface area contributed by atoms with Gasteiger partial charge in [0, 0.05) is 11.3 Å². The first-order chi connectivity index (χ1) is 11.4. The van der Waals surface area contributed by atoms with Crippen molar-refractivity contribution in [2.45, 2.75) is 48.0 Å². The van der Waals surface area contributed by atoms with Gasteiger partial charge >= 0.3 is 0 Å². The highest BCUT2D eigenvalue weighted by Crippen LogP contribution is 2.35. The zero-order chi connectivity index (χ0) is 18.7. The van der Waals surface area contributed by atoms with Crippen LogP contribution >= 0.6 is 23.2 Å². The number of carbonyl (C=O) groups is 1. The lowest BCUT2D eigenvalue weighted by Crippen LogP contribution is -2.01. The number of Topliss-reactive ketones (excluding diaryl/α,β-unsaturated/α-hetero) is 1. The summed E-state index contributed by atoms with van der Waals surface area (Å²) >= 11 is 12.4. The number of hydrogen-bond acceptors (Lipinski definition) is 2. The highest BCUT2D eigenvalue weighted by Gasteiger charge is 2.12. The van der Waals surface area contributed by atoms with E-state index in [-0.39, 0.29) is 5.78 Å². The second-order valence-corrected chi connectivity index (χ2v) is 5.77. The first-order valence-corrected chi connectivity index (χ1v) is 8.99. The van der Waals surface area contributed by atoms with E-state index >= 15 is 0 Å². The molecule has 0 saturated carbocycles. The van der Waals surface area contributed by atoms with Crippen LogP contribution in [0, 0.1) is 6.92 Å². The molecule has 0 saturated heterocycles. The molecular formula is C20H27Cl2NO. The van der Waals surface area contributed by atoms with Crippen LogP contribution in [0.1, 0.15) is 57.0 Å². The maximum Gasteiger partial charge on any atom is 0.161 e. The Morgan fingerprint density at radius 3 is 2.12 bits per heavy atom. The summed E-state index contributed by atoms with van der Waals surface area (Å²) < 4.78 is 0. The fourth-order valence-corrected chi connectivity index (χ4v) is 2.27. The Bertz CT molecular complexity index is 654. The molecule has 132 valence electrons. The molecular weight excluding hydrogens is 341 g/mol. The Balaban J connectivity index is 0.000000952. The van der Waals surface area contributed by atoms with E-state index in [0.29, 0.717) is 27.0 Å². The van der Waals surface area contributed by atoms with E-state index in [0.717, 1.165) is 5.56 Å². The zero-order valence-corrected chi connectivity index (χ0v) is 16.8. The van der Waals surface area contributed by atoms with Crippen LogP contribution in [0.5, 0.6) is 0 Å². The molecule has 2 aromatic carbocycles. The van der Waals surface area contributed by atoms with Gasteiger partial charge in [0.05, 0.1) is 15.7 Å². The van der Waals surface area contributed by atoms with Gasteiger partial charge in [0.15, 0.2) is 5.78 Å². The number of benzene rings is 2. The predicted octanol–water partition coefficient (Wildman–Crippen LogP) is 7.69. The number of ketones is 1. The summed E-state index contributed by atoms with van der Waals surface area (Å²) in [4.78, 5) is 11.6. The average molecular weight is 368 g/mol. The van der Waals surface area contributed by atoms with E-state index in [1.807, 2.05) is 45.0 Å². The van der Waals surface area contributed by atoms with E-state index in [9.17, 15) is 4.79 Å². The number of para-hydroxylation sites is 1. The first-order valence-electron chi connectivity index (χ1n) is 8.23. The van der Waals surface area contributed by atoms with Crippen molar-refractivity contribution in [2.24, 2.45) is 0 Å². The van der Waals surface area contributed by atoms with Crippen molar-refractivity contribution in [2.75, 3.05) is 5.32 Å². The minimum Gasteiger partial charge on any atom is -0.352 e. The predicted molar refractivity (Wildman–Crippen MR) is 108 cm³/mol. The molecule has 4 heteroatoms. The van der Waals surface area contributed by atoms with Gasteiger partial charge in [-0.05, 0) is 37.6 Å². The van der Waals surface area contributed by atoms with Gasteiger partial charge in [0.25, 0.3) is 0 Å². The van der Waals surface area contributed by atoms with Crippen LogP contribution in [0.15, 0.2) is 36.4 Å². The maximum atomic E-state index is 11.6. The summed E-state index contributed by atoms with van der Waals surface area (Å²) in [6, 6.07) is 10.9. The minimum atomic E-state index is -0.0111. The molecule has 0 aliphatic heterocycles. The van der Waals surface area contributed by atoms with Crippen LogP contribution in [0.25, 0.3) is 0 Å². The summed E-state index contributed by atoms with van der Waals surface area (Å²) in [7, 11) is 0. The van der Waals surface area contributed by atoms with E-state index in [2.05, 4.69) is 19.2 Å². The Morgan fingerprint density at radius 2 is 1.58 bits per heavy atom. The molecule has 0 aliphatic carbocycles. The lowest BCUT2D eigenvalue weighted by atomic mass is 10.1. The second kappa shape index (κ2) is 11.9. The zero-order valence-electron chi connectivity index (χ0n) is 15.3. The normalized spacial score (nSPS) is 9.17. The molecule has 0 radical (unpaired) electrons. The molecule has 0 aromatic heterocycles. The third-order valence-electron chi connectivity index (χ3n) is 2.85. The number of halogens is 2. The lowest BCUT2D eigenvalue weighted by Gasteiger charge is -2.14. The molecule has 1 N–H and O–H groups in total. The summed E-state index contributed by atoms with van der Waals surface area (Å²) in [5.74, 6) is -0.0111. The van der Waals surface area contributed by atoms with Crippen LogP contribution in [0.3, 0.4) is 0 Å². The summed E-state index contributed by atoms with van der Waals surface area (Å²) in [5, 5.41) is 4.23. The van der Waals surface area contributed by atoms with Crippen molar-refractivity contribution in [3.8, 4) is 0 Å². The Hall–Kier alpha value is -1.51.